The van der Waals surface area contributed by atoms with E-state index >= 15 is 0 Å². The summed E-state index contributed by atoms with van der Waals surface area (Å²) in [5.74, 6) is -0.109. The van der Waals surface area contributed by atoms with E-state index in [4.69, 9.17) is 9.47 Å². The molecule has 1 heterocycles. The van der Waals surface area contributed by atoms with Gasteiger partial charge in [0.1, 0.15) is 12.4 Å². The van der Waals surface area contributed by atoms with Gasteiger partial charge in [-0.05, 0) is 31.2 Å². The second kappa shape index (κ2) is 6.88. The molecule has 0 atom stereocenters. The summed E-state index contributed by atoms with van der Waals surface area (Å²) < 4.78 is 10.3. The highest BCUT2D eigenvalue weighted by Crippen LogP contribution is 2.14. The molecular weight excluding hydrogens is 274 g/mol. The van der Waals surface area contributed by atoms with E-state index in [1.807, 2.05) is 0 Å². The lowest BCUT2D eigenvalue weighted by Crippen LogP contribution is -2.33. The molecule has 1 aromatic rings. The van der Waals surface area contributed by atoms with Crippen LogP contribution in [0.3, 0.4) is 0 Å². The first kappa shape index (κ1) is 15.0. The fourth-order valence-electron chi connectivity index (χ4n) is 2.03. The van der Waals surface area contributed by atoms with E-state index in [0.29, 0.717) is 17.9 Å². The highest BCUT2D eigenvalue weighted by Gasteiger charge is 2.28. The number of carbonyl (C=O) groups excluding carboxylic acids is 3. The molecule has 112 valence electrons. The molecule has 1 aliphatic rings. The average Bonchev–Trinajstić information content (AvgIpc) is 2.80. The molecule has 0 N–H and O–H groups in total. The molecule has 1 fully saturated rings. The molecule has 21 heavy (non-hydrogen) atoms. The van der Waals surface area contributed by atoms with Crippen LogP contribution in [0, 0.1) is 0 Å². The highest BCUT2D eigenvalue weighted by atomic mass is 16.5. The molecule has 0 aliphatic carbocycles. The molecule has 1 saturated heterocycles. The Hall–Kier alpha value is -2.37. The van der Waals surface area contributed by atoms with Gasteiger partial charge < -0.3 is 9.47 Å². The summed E-state index contributed by atoms with van der Waals surface area (Å²) in [5.41, 5.74) is 0.453. The zero-order valence-corrected chi connectivity index (χ0v) is 11.8. The van der Waals surface area contributed by atoms with Crippen molar-refractivity contribution in [2.24, 2.45) is 0 Å². The third-order valence-electron chi connectivity index (χ3n) is 3.10. The minimum absolute atomic E-state index is 0.152. The van der Waals surface area contributed by atoms with Crippen molar-refractivity contribution in [2.75, 3.05) is 19.8 Å². The van der Waals surface area contributed by atoms with Gasteiger partial charge in [-0.25, -0.2) is 4.79 Å². The fraction of sp³-hybridized carbons (Fsp3) is 0.400. The molecule has 6 nitrogen and oxygen atoms in total. The van der Waals surface area contributed by atoms with E-state index in [0.717, 1.165) is 0 Å². The van der Waals surface area contributed by atoms with Crippen LogP contribution >= 0.6 is 0 Å². The van der Waals surface area contributed by atoms with Crippen LogP contribution < -0.4 is 4.74 Å². The van der Waals surface area contributed by atoms with Crippen LogP contribution in [-0.2, 0) is 14.3 Å². The molecule has 6 heteroatoms. The Morgan fingerprint density at radius 3 is 2.33 bits per heavy atom. The van der Waals surface area contributed by atoms with Crippen LogP contribution in [0.1, 0.15) is 30.1 Å². The van der Waals surface area contributed by atoms with Crippen LogP contribution in [0.25, 0.3) is 0 Å². The third kappa shape index (κ3) is 3.81. The van der Waals surface area contributed by atoms with Gasteiger partial charge in [0.05, 0.1) is 18.7 Å². The highest BCUT2D eigenvalue weighted by molar-refractivity contribution is 6.01. The minimum Gasteiger partial charge on any atom is -0.492 e. The Labute approximate surface area is 122 Å². The monoisotopic (exact) mass is 291 g/mol. The number of ether oxygens (including phenoxy) is 2. The number of benzene rings is 1. The van der Waals surface area contributed by atoms with Crippen molar-refractivity contribution >= 4 is 17.8 Å². The topological polar surface area (TPSA) is 72.9 Å². The SMILES string of the molecule is CCOC(=O)c1ccc(OCCN2C(=O)CCC2=O)cc1. The van der Waals surface area contributed by atoms with Crippen LogP contribution in [-0.4, -0.2) is 42.4 Å². The normalized spacial score (nSPS) is 14.4. The van der Waals surface area contributed by atoms with E-state index in [2.05, 4.69) is 0 Å². The number of rotatable bonds is 6. The molecule has 0 unspecified atom stereocenters. The largest absolute Gasteiger partial charge is 0.492 e. The number of carbonyl (C=O) groups is 3. The van der Waals surface area contributed by atoms with E-state index in [1.54, 1.807) is 31.2 Å². The maximum Gasteiger partial charge on any atom is 0.338 e. The lowest BCUT2D eigenvalue weighted by molar-refractivity contribution is -0.138. The molecule has 0 saturated carbocycles. The van der Waals surface area contributed by atoms with Gasteiger partial charge in [0.15, 0.2) is 0 Å². The number of likely N-dealkylation sites (tertiary alicyclic amines) is 1. The van der Waals surface area contributed by atoms with Gasteiger partial charge in [0, 0.05) is 12.8 Å². The van der Waals surface area contributed by atoms with E-state index < -0.39 is 0 Å². The first-order valence-electron chi connectivity index (χ1n) is 6.85. The predicted molar refractivity (Wildman–Crippen MR) is 73.8 cm³/mol. The first-order valence-corrected chi connectivity index (χ1v) is 6.85. The number of imide groups is 1. The summed E-state index contributed by atoms with van der Waals surface area (Å²) >= 11 is 0. The molecule has 0 radical (unpaired) electrons. The lowest BCUT2D eigenvalue weighted by Gasteiger charge is -2.14. The summed E-state index contributed by atoms with van der Waals surface area (Å²) in [5, 5.41) is 0. The number of esters is 1. The summed E-state index contributed by atoms with van der Waals surface area (Å²) in [6, 6.07) is 6.53. The first-order chi connectivity index (χ1) is 10.1. The quantitative estimate of drug-likeness (QED) is 0.585. The van der Waals surface area contributed by atoms with Crippen molar-refractivity contribution in [1.29, 1.82) is 0 Å². The molecule has 0 aromatic heterocycles. The van der Waals surface area contributed by atoms with Crippen LogP contribution in [0.15, 0.2) is 24.3 Å². The predicted octanol–water partition coefficient (Wildman–Crippen LogP) is 1.39. The van der Waals surface area contributed by atoms with Crippen molar-refractivity contribution < 1.29 is 23.9 Å². The smallest absolute Gasteiger partial charge is 0.338 e. The Morgan fingerprint density at radius 1 is 1.14 bits per heavy atom. The minimum atomic E-state index is -0.377. The van der Waals surface area contributed by atoms with Gasteiger partial charge in [0.25, 0.3) is 0 Å². The van der Waals surface area contributed by atoms with Crippen molar-refractivity contribution in [1.82, 2.24) is 4.90 Å². The maximum absolute atomic E-state index is 11.5. The second-order valence-corrected chi connectivity index (χ2v) is 4.53. The number of hydrogen-bond acceptors (Lipinski definition) is 5. The van der Waals surface area contributed by atoms with E-state index in [-0.39, 0.29) is 43.8 Å². The van der Waals surface area contributed by atoms with E-state index in [9.17, 15) is 14.4 Å². The van der Waals surface area contributed by atoms with Gasteiger partial charge in [-0.15, -0.1) is 0 Å². The maximum atomic E-state index is 11.5. The van der Waals surface area contributed by atoms with E-state index in [1.165, 1.54) is 4.90 Å². The second-order valence-electron chi connectivity index (χ2n) is 4.53. The summed E-state index contributed by atoms with van der Waals surface area (Å²) in [7, 11) is 0. The van der Waals surface area contributed by atoms with Crippen molar-refractivity contribution in [3.05, 3.63) is 29.8 Å². The molecule has 0 bridgehead atoms. The molecule has 0 spiro atoms. The zero-order valence-electron chi connectivity index (χ0n) is 11.8. The summed E-state index contributed by atoms with van der Waals surface area (Å²) in [4.78, 5) is 35.5. The molecule has 1 aromatic carbocycles. The van der Waals surface area contributed by atoms with Crippen LogP contribution in [0.4, 0.5) is 0 Å². The molecule has 1 aliphatic heterocycles. The fourth-order valence-corrected chi connectivity index (χ4v) is 2.03. The van der Waals surface area contributed by atoms with Crippen molar-refractivity contribution in [3.63, 3.8) is 0 Å². The molecule has 2 rings (SSSR count). The Kier molecular flexibility index (Phi) is 4.92. The van der Waals surface area contributed by atoms with Crippen molar-refractivity contribution in [3.8, 4) is 5.75 Å². The standard InChI is InChI=1S/C15H17NO5/c1-2-20-15(19)11-3-5-12(6-4-11)21-10-9-16-13(17)7-8-14(16)18/h3-6H,2,7-10H2,1H3. The number of amides is 2. The summed E-state index contributed by atoms with van der Waals surface area (Å²) in [6.07, 6.45) is 0.570. The van der Waals surface area contributed by atoms with Crippen LogP contribution in [0.2, 0.25) is 0 Å². The third-order valence-corrected chi connectivity index (χ3v) is 3.10. The van der Waals surface area contributed by atoms with Gasteiger partial charge in [-0.2, -0.15) is 0 Å². The Balaban J connectivity index is 1.82. The van der Waals surface area contributed by atoms with Crippen molar-refractivity contribution in [2.45, 2.75) is 19.8 Å². The lowest BCUT2D eigenvalue weighted by atomic mass is 10.2. The zero-order chi connectivity index (χ0) is 15.2. The molecular formula is C15H17NO5. The Bertz CT molecular complexity index is 521. The number of nitrogens with zero attached hydrogens (tertiary/aromatic N) is 1. The molecule has 2 amide bonds. The number of hydrogen-bond donors (Lipinski definition) is 0. The van der Waals surface area contributed by atoms with Gasteiger partial charge >= 0.3 is 5.97 Å². The Morgan fingerprint density at radius 2 is 1.76 bits per heavy atom. The van der Waals surface area contributed by atoms with Gasteiger partial charge in [-0.3, -0.25) is 14.5 Å². The van der Waals surface area contributed by atoms with Gasteiger partial charge in [0.2, 0.25) is 11.8 Å². The summed E-state index contributed by atoms with van der Waals surface area (Å²) in [6.45, 7) is 2.55. The van der Waals surface area contributed by atoms with Crippen LogP contribution in [0.5, 0.6) is 5.75 Å². The van der Waals surface area contributed by atoms with Gasteiger partial charge in [-0.1, -0.05) is 0 Å². The average molecular weight is 291 g/mol.